The van der Waals surface area contributed by atoms with E-state index < -0.39 is 5.54 Å². The highest BCUT2D eigenvalue weighted by atomic mass is 35.5. The van der Waals surface area contributed by atoms with Gasteiger partial charge in [-0.05, 0) is 43.0 Å². The minimum absolute atomic E-state index is 0.0416. The second-order valence-corrected chi connectivity index (χ2v) is 5.99. The summed E-state index contributed by atoms with van der Waals surface area (Å²) in [5, 5.41) is 0.720. The van der Waals surface area contributed by atoms with Gasteiger partial charge in [0.25, 0.3) is 0 Å². The molecule has 2 N–H and O–H groups in total. The van der Waals surface area contributed by atoms with Gasteiger partial charge in [0, 0.05) is 18.1 Å². The number of halogens is 1. The minimum atomic E-state index is -0.759. The smallest absolute Gasteiger partial charge is 0.242 e. The Hall–Kier alpha value is -1.06. The van der Waals surface area contributed by atoms with Crippen molar-refractivity contribution in [3.8, 4) is 0 Å². The Balaban J connectivity index is 2.15. The molecule has 1 heterocycles. The third-order valence-corrected chi connectivity index (χ3v) is 3.96. The van der Waals surface area contributed by atoms with E-state index in [0.717, 1.165) is 30.0 Å². The molecule has 19 heavy (non-hydrogen) atoms. The van der Waals surface area contributed by atoms with Crippen molar-refractivity contribution in [2.45, 2.75) is 45.2 Å². The SMILES string of the molecule is CCCC(C)(N)C(=O)N1CCc2ccc(Cl)cc2C1. The first-order chi connectivity index (χ1) is 8.94. The molecular weight excluding hydrogens is 260 g/mol. The maximum Gasteiger partial charge on any atom is 0.242 e. The van der Waals surface area contributed by atoms with Gasteiger partial charge in [0.1, 0.15) is 0 Å². The number of fused-ring (bicyclic) bond motifs is 1. The first-order valence-electron chi connectivity index (χ1n) is 6.79. The van der Waals surface area contributed by atoms with Crippen molar-refractivity contribution in [2.24, 2.45) is 5.73 Å². The molecule has 1 aromatic rings. The minimum Gasteiger partial charge on any atom is -0.336 e. The lowest BCUT2D eigenvalue weighted by molar-refractivity contribution is -0.137. The highest BCUT2D eigenvalue weighted by Crippen LogP contribution is 2.24. The molecule has 1 atom stereocenters. The predicted molar refractivity (Wildman–Crippen MR) is 78.1 cm³/mol. The molecule has 1 aliphatic rings. The number of nitrogens with zero attached hydrogens (tertiary/aromatic N) is 1. The van der Waals surface area contributed by atoms with E-state index in [-0.39, 0.29) is 5.91 Å². The molecule has 1 amide bonds. The van der Waals surface area contributed by atoms with E-state index in [0.29, 0.717) is 13.0 Å². The van der Waals surface area contributed by atoms with Crippen LogP contribution in [-0.4, -0.2) is 22.9 Å². The molecule has 0 saturated carbocycles. The van der Waals surface area contributed by atoms with Crippen LogP contribution in [0, 0.1) is 0 Å². The average molecular weight is 281 g/mol. The fourth-order valence-electron chi connectivity index (χ4n) is 2.69. The number of hydrogen-bond donors (Lipinski definition) is 1. The van der Waals surface area contributed by atoms with E-state index in [2.05, 4.69) is 0 Å². The van der Waals surface area contributed by atoms with Gasteiger partial charge in [-0.15, -0.1) is 0 Å². The summed E-state index contributed by atoms with van der Waals surface area (Å²) in [5.74, 6) is 0.0416. The summed E-state index contributed by atoms with van der Waals surface area (Å²) in [5.41, 5.74) is 7.79. The Morgan fingerprint density at radius 2 is 2.21 bits per heavy atom. The lowest BCUT2D eigenvalue weighted by Crippen LogP contribution is -2.54. The van der Waals surface area contributed by atoms with E-state index in [9.17, 15) is 4.79 Å². The van der Waals surface area contributed by atoms with Crippen molar-refractivity contribution < 1.29 is 4.79 Å². The van der Waals surface area contributed by atoms with Crippen LogP contribution in [0.5, 0.6) is 0 Å². The summed E-state index contributed by atoms with van der Waals surface area (Å²) in [4.78, 5) is 14.3. The molecule has 1 aromatic carbocycles. The van der Waals surface area contributed by atoms with Gasteiger partial charge in [0.15, 0.2) is 0 Å². The largest absolute Gasteiger partial charge is 0.336 e. The van der Waals surface area contributed by atoms with E-state index in [1.165, 1.54) is 5.56 Å². The Labute approximate surface area is 119 Å². The van der Waals surface area contributed by atoms with Crippen LogP contribution < -0.4 is 5.73 Å². The van der Waals surface area contributed by atoms with Crippen molar-refractivity contribution in [1.82, 2.24) is 4.90 Å². The fourth-order valence-corrected chi connectivity index (χ4v) is 2.88. The second-order valence-electron chi connectivity index (χ2n) is 5.56. The topological polar surface area (TPSA) is 46.3 Å². The first kappa shape index (κ1) is 14.4. The summed E-state index contributed by atoms with van der Waals surface area (Å²) in [6.07, 6.45) is 2.50. The van der Waals surface area contributed by atoms with Crippen molar-refractivity contribution in [2.75, 3.05) is 6.54 Å². The molecule has 1 unspecified atom stereocenters. The van der Waals surface area contributed by atoms with Crippen molar-refractivity contribution >= 4 is 17.5 Å². The zero-order chi connectivity index (χ0) is 14.0. The van der Waals surface area contributed by atoms with E-state index in [4.69, 9.17) is 17.3 Å². The fraction of sp³-hybridized carbons (Fsp3) is 0.533. The molecule has 104 valence electrons. The Morgan fingerprint density at radius 3 is 2.89 bits per heavy atom. The Morgan fingerprint density at radius 1 is 1.47 bits per heavy atom. The molecule has 2 rings (SSSR count). The predicted octanol–water partition coefficient (Wildman–Crippen LogP) is 2.74. The molecule has 0 fully saturated rings. The van der Waals surface area contributed by atoms with Gasteiger partial charge in [-0.3, -0.25) is 4.79 Å². The molecule has 0 saturated heterocycles. The highest BCUT2D eigenvalue weighted by molar-refractivity contribution is 6.30. The second kappa shape index (κ2) is 5.51. The molecule has 1 aliphatic heterocycles. The van der Waals surface area contributed by atoms with Crippen LogP contribution in [0.4, 0.5) is 0 Å². The number of nitrogens with two attached hydrogens (primary N) is 1. The summed E-state index contributed by atoms with van der Waals surface area (Å²) >= 11 is 6.02. The molecule has 0 radical (unpaired) electrons. The third kappa shape index (κ3) is 3.10. The molecule has 4 heteroatoms. The summed E-state index contributed by atoms with van der Waals surface area (Å²) in [6.45, 7) is 5.23. The van der Waals surface area contributed by atoms with Gasteiger partial charge in [-0.1, -0.05) is 31.0 Å². The van der Waals surface area contributed by atoms with Gasteiger partial charge in [-0.25, -0.2) is 0 Å². The standard InChI is InChI=1S/C15H21ClN2O/c1-3-7-15(2,17)14(19)18-8-6-11-4-5-13(16)9-12(11)10-18/h4-5,9H,3,6-8,10,17H2,1-2H3. The third-order valence-electron chi connectivity index (χ3n) is 3.73. The van der Waals surface area contributed by atoms with Gasteiger partial charge in [0.05, 0.1) is 5.54 Å². The zero-order valence-electron chi connectivity index (χ0n) is 11.6. The number of carbonyl (C=O) groups excluding carboxylic acids is 1. The zero-order valence-corrected chi connectivity index (χ0v) is 12.3. The average Bonchev–Trinajstić information content (AvgIpc) is 2.36. The summed E-state index contributed by atoms with van der Waals surface area (Å²) in [6, 6.07) is 5.90. The number of rotatable bonds is 3. The van der Waals surface area contributed by atoms with Crippen LogP contribution in [0.2, 0.25) is 5.02 Å². The quantitative estimate of drug-likeness (QED) is 0.925. The van der Waals surface area contributed by atoms with Crippen LogP contribution in [0.3, 0.4) is 0 Å². The maximum atomic E-state index is 12.5. The van der Waals surface area contributed by atoms with Gasteiger partial charge in [-0.2, -0.15) is 0 Å². The maximum absolute atomic E-state index is 12.5. The van der Waals surface area contributed by atoms with Crippen LogP contribution in [0.1, 0.15) is 37.8 Å². The Kier molecular flexibility index (Phi) is 4.16. The highest BCUT2D eigenvalue weighted by Gasteiger charge is 2.33. The molecular formula is C15H21ClN2O. The number of hydrogen-bond acceptors (Lipinski definition) is 2. The van der Waals surface area contributed by atoms with Crippen LogP contribution in [0.15, 0.2) is 18.2 Å². The number of carbonyl (C=O) groups is 1. The summed E-state index contributed by atoms with van der Waals surface area (Å²) in [7, 11) is 0. The molecule has 3 nitrogen and oxygen atoms in total. The van der Waals surface area contributed by atoms with E-state index >= 15 is 0 Å². The molecule has 0 aliphatic carbocycles. The molecule has 0 aromatic heterocycles. The summed E-state index contributed by atoms with van der Waals surface area (Å²) < 4.78 is 0. The molecule has 0 bridgehead atoms. The Bertz CT molecular complexity index is 485. The first-order valence-corrected chi connectivity index (χ1v) is 7.17. The number of benzene rings is 1. The monoisotopic (exact) mass is 280 g/mol. The molecule has 0 spiro atoms. The van der Waals surface area contributed by atoms with Gasteiger partial charge >= 0.3 is 0 Å². The van der Waals surface area contributed by atoms with Crippen molar-refractivity contribution in [1.29, 1.82) is 0 Å². The van der Waals surface area contributed by atoms with E-state index in [1.54, 1.807) is 0 Å². The van der Waals surface area contributed by atoms with Gasteiger partial charge in [0.2, 0.25) is 5.91 Å². The van der Waals surface area contributed by atoms with Gasteiger partial charge < -0.3 is 10.6 Å². The normalized spacial score (nSPS) is 17.8. The van der Waals surface area contributed by atoms with Crippen LogP contribution in [0.25, 0.3) is 0 Å². The van der Waals surface area contributed by atoms with Crippen LogP contribution in [-0.2, 0) is 17.8 Å². The van der Waals surface area contributed by atoms with Crippen molar-refractivity contribution in [3.05, 3.63) is 34.3 Å². The van der Waals surface area contributed by atoms with Crippen LogP contribution >= 0.6 is 11.6 Å². The lowest BCUT2D eigenvalue weighted by Gasteiger charge is -2.35. The van der Waals surface area contributed by atoms with Crippen molar-refractivity contribution in [3.63, 3.8) is 0 Å². The lowest BCUT2D eigenvalue weighted by atomic mass is 9.93. The number of amides is 1. The van der Waals surface area contributed by atoms with E-state index in [1.807, 2.05) is 36.9 Å².